The molecule has 0 aromatic carbocycles. The molecule has 0 rings (SSSR count). The standard InChI is InChI=1S/CH4NO4S.Na/c1-6-7(4,5)2-3;/h2H,1H3;/q-1;+1. The van der Waals surface area contributed by atoms with Crippen molar-refractivity contribution in [3.8, 4) is 0 Å². The van der Waals surface area contributed by atoms with Gasteiger partial charge in [0.2, 0.25) is 0 Å². The first-order valence-electron chi connectivity index (χ1n) is 1.32. The third-order valence-corrected chi connectivity index (χ3v) is 0.964. The van der Waals surface area contributed by atoms with Gasteiger partial charge in [-0.05, 0) is 0 Å². The minimum absolute atomic E-state index is 0. The molecule has 0 aliphatic rings. The smallest absolute Gasteiger partial charge is 0.773 e. The van der Waals surface area contributed by atoms with Gasteiger partial charge in [0.25, 0.3) is 0 Å². The summed E-state index contributed by atoms with van der Waals surface area (Å²) >= 11 is 0. The van der Waals surface area contributed by atoms with Crippen LogP contribution in [0.15, 0.2) is 0 Å². The average molecular weight is 149 g/mol. The molecule has 0 bridgehead atoms. The van der Waals surface area contributed by atoms with E-state index in [9.17, 15) is 13.6 Å². The van der Waals surface area contributed by atoms with Gasteiger partial charge in [0.05, 0.1) is 7.11 Å². The zero-order chi connectivity index (χ0) is 5.91. The molecule has 0 aliphatic carbocycles. The average Bonchev–Trinajstić information content (AvgIpc) is 1.68. The summed E-state index contributed by atoms with van der Waals surface area (Å²) in [5.41, 5.74) is 0. The van der Waals surface area contributed by atoms with Crippen LogP contribution in [0.5, 0.6) is 0 Å². The third kappa shape index (κ3) is 4.98. The molecular weight excluding hydrogens is 145 g/mol. The van der Waals surface area contributed by atoms with Gasteiger partial charge in [-0.2, -0.15) is 8.42 Å². The molecule has 1 N–H and O–H groups in total. The fourth-order valence-electron chi connectivity index (χ4n) is 0.0340. The predicted molar refractivity (Wildman–Crippen MR) is 22.4 cm³/mol. The summed E-state index contributed by atoms with van der Waals surface area (Å²) in [6.07, 6.45) is 0. The number of hydrogen-bond donors (Lipinski definition) is 1. The molecule has 0 amide bonds. The minimum Gasteiger partial charge on any atom is -0.773 e. The molecule has 44 valence electrons. The maximum absolute atomic E-state index is 9.72. The molecular formula is CH4NNaO4S. The quantitative estimate of drug-likeness (QED) is 0.320. The largest absolute Gasteiger partial charge is 1.00 e. The van der Waals surface area contributed by atoms with Gasteiger partial charge in [-0.15, -0.1) is 0 Å². The van der Waals surface area contributed by atoms with Crippen molar-refractivity contribution in [3.05, 3.63) is 5.21 Å². The fourth-order valence-corrected chi connectivity index (χ4v) is 0.102. The van der Waals surface area contributed by atoms with Crippen molar-refractivity contribution >= 4 is 10.3 Å². The molecule has 5 nitrogen and oxygen atoms in total. The molecule has 0 aromatic rings. The van der Waals surface area contributed by atoms with E-state index >= 15 is 0 Å². The summed E-state index contributed by atoms with van der Waals surface area (Å²) in [6, 6.07) is 0. The van der Waals surface area contributed by atoms with E-state index in [2.05, 4.69) is 4.18 Å². The Morgan fingerprint density at radius 2 is 2.00 bits per heavy atom. The molecule has 8 heavy (non-hydrogen) atoms. The van der Waals surface area contributed by atoms with Crippen LogP contribution < -0.4 is 34.4 Å². The van der Waals surface area contributed by atoms with Gasteiger partial charge < -0.3 is 5.21 Å². The van der Waals surface area contributed by atoms with E-state index in [-0.39, 0.29) is 29.6 Å². The van der Waals surface area contributed by atoms with Crippen LogP contribution in [0.2, 0.25) is 0 Å². The molecule has 0 fully saturated rings. The molecule has 0 unspecified atom stereocenters. The van der Waals surface area contributed by atoms with E-state index in [1.165, 1.54) is 0 Å². The van der Waals surface area contributed by atoms with E-state index in [1.54, 1.807) is 0 Å². The molecule has 0 heterocycles. The number of hydrogen-bond acceptors (Lipinski definition) is 4. The molecule has 0 aliphatic heterocycles. The Hall–Kier alpha value is 0.830. The normalized spacial score (nSPS) is 10.2. The SMILES string of the molecule is COS(=O)(=O)N[O-].[Na+]. The minimum atomic E-state index is -3.96. The van der Waals surface area contributed by atoms with Crippen molar-refractivity contribution in [3.63, 3.8) is 0 Å². The van der Waals surface area contributed by atoms with E-state index < -0.39 is 10.3 Å². The van der Waals surface area contributed by atoms with Gasteiger partial charge in [-0.3, -0.25) is 9.07 Å². The second-order valence-electron chi connectivity index (χ2n) is 0.704. The number of rotatable bonds is 2. The first kappa shape index (κ1) is 11.6. The van der Waals surface area contributed by atoms with Gasteiger partial charge in [0, 0.05) is 0 Å². The van der Waals surface area contributed by atoms with E-state index in [0.717, 1.165) is 7.11 Å². The summed E-state index contributed by atoms with van der Waals surface area (Å²) in [7, 11) is -3.07. The molecule has 0 saturated heterocycles. The third-order valence-electron chi connectivity index (χ3n) is 0.321. The Kier molecular flexibility index (Phi) is 6.80. The van der Waals surface area contributed by atoms with Crippen LogP contribution in [-0.4, -0.2) is 15.5 Å². The Morgan fingerprint density at radius 3 is 2.00 bits per heavy atom. The molecule has 0 saturated carbocycles. The summed E-state index contributed by atoms with van der Waals surface area (Å²) in [4.78, 5) is 0.691. The molecule has 0 atom stereocenters. The van der Waals surface area contributed by atoms with Crippen LogP contribution >= 0.6 is 0 Å². The van der Waals surface area contributed by atoms with Crippen LogP contribution in [0.25, 0.3) is 0 Å². The molecule has 7 heteroatoms. The predicted octanol–water partition coefficient (Wildman–Crippen LogP) is -4.03. The first-order valence-corrected chi connectivity index (χ1v) is 2.72. The van der Waals surface area contributed by atoms with Crippen LogP contribution in [0.4, 0.5) is 0 Å². The van der Waals surface area contributed by atoms with Crippen LogP contribution in [0.1, 0.15) is 0 Å². The van der Waals surface area contributed by atoms with Gasteiger partial charge >= 0.3 is 39.9 Å². The van der Waals surface area contributed by atoms with Gasteiger partial charge in [0.1, 0.15) is 0 Å². The summed E-state index contributed by atoms with van der Waals surface area (Å²) in [6.45, 7) is 0. The maximum atomic E-state index is 9.72. The second-order valence-corrected chi connectivity index (χ2v) is 2.11. The van der Waals surface area contributed by atoms with Crippen molar-refractivity contribution < 1.29 is 42.2 Å². The van der Waals surface area contributed by atoms with E-state index in [1.807, 2.05) is 0 Å². The number of nitrogens with one attached hydrogen (secondary N) is 1. The Balaban J connectivity index is 0. The Bertz CT molecular complexity index is 119. The second kappa shape index (κ2) is 4.68. The van der Waals surface area contributed by atoms with E-state index in [0.29, 0.717) is 4.89 Å². The fraction of sp³-hybridized carbons (Fsp3) is 1.00. The van der Waals surface area contributed by atoms with Crippen molar-refractivity contribution in [2.45, 2.75) is 0 Å². The molecule has 0 spiro atoms. The molecule has 0 aromatic heterocycles. The Labute approximate surface area is 69.5 Å². The van der Waals surface area contributed by atoms with Gasteiger partial charge in [-0.1, -0.05) is 0 Å². The zero-order valence-corrected chi connectivity index (χ0v) is 7.36. The topological polar surface area (TPSA) is 78.5 Å². The van der Waals surface area contributed by atoms with Crippen molar-refractivity contribution in [1.29, 1.82) is 0 Å². The maximum Gasteiger partial charge on any atom is 1.00 e. The van der Waals surface area contributed by atoms with E-state index in [4.69, 9.17) is 0 Å². The Morgan fingerprint density at radius 1 is 1.62 bits per heavy atom. The van der Waals surface area contributed by atoms with Crippen LogP contribution in [-0.2, 0) is 14.5 Å². The summed E-state index contributed by atoms with van der Waals surface area (Å²) in [5, 5.41) is 9.22. The zero-order valence-electron chi connectivity index (χ0n) is 4.54. The monoisotopic (exact) mass is 149 g/mol. The van der Waals surface area contributed by atoms with Crippen molar-refractivity contribution in [1.82, 2.24) is 4.89 Å². The summed E-state index contributed by atoms with van der Waals surface area (Å²) in [5.74, 6) is 0. The molecule has 0 radical (unpaired) electrons. The van der Waals surface area contributed by atoms with Crippen molar-refractivity contribution in [2.75, 3.05) is 7.11 Å². The van der Waals surface area contributed by atoms with Gasteiger partial charge in [0.15, 0.2) is 0 Å². The van der Waals surface area contributed by atoms with Crippen LogP contribution in [0, 0.1) is 5.21 Å². The first-order chi connectivity index (χ1) is 3.12. The van der Waals surface area contributed by atoms with Crippen molar-refractivity contribution in [2.24, 2.45) is 0 Å². The van der Waals surface area contributed by atoms with Gasteiger partial charge in [-0.25, -0.2) is 0 Å². The summed E-state index contributed by atoms with van der Waals surface area (Å²) < 4.78 is 23.1. The van der Waals surface area contributed by atoms with Crippen LogP contribution in [0.3, 0.4) is 0 Å².